The van der Waals surface area contributed by atoms with Crippen molar-refractivity contribution in [2.75, 3.05) is 5.32 Å². The number of rotatable bonds is 6. The number of anilines is 1. The Kier molecular flexibility index (Phi) is 4.80. The van der Waals surface area contributed by atoms with Crippen molar-refractivity contribution in [3.05, 3.63) is 53.4 Å². The molecule has 0 atom stereocenters. The van der Waals surface area contributed by atoms with E-state index in [-0.39, 0.29) is 12.2 Å². The van der Waals surface area contributed by atoms with Crippen LogP contribution in [-0.4, -0.2) is 26.8 Å². The number of aryl methyl sites for hydroxylation is 1. The highest BCUT2D eigenvalue weighted by Crippen LogP contribution is 2.22. The highest BCUT2D eigenvalue weighted by molar-refractivity contribution is 6.30. The predicted molar refractivity (Wildman–Crippen MR) is 90.9 cm³/mol. The van der Waals surface area contributed by atoms with Crippen molar-refractivity contribution in [1.29, 1.82) is 0 Å². The van der Waals surface area contributed by atoms with Gasteiger partial charge in [-0.1, -0.05) is 28.9 Å². The number of nitrogens with one attached hydrogen (secondary N) is 1. The zero-order chi connectivity index (χ0) is 17.8. The third-order valence-corrected chi connectivity index (χ3v) is 3.56. The van der Waals surface area contributed by atoms with Gasteiger partial charge in [0.05, 0.1) is 0 Å². The third kappa shape index (κ3) is 4.24. The average molecular weight is 360 g/mol. The molecule has 1 aromatic carbocycles. The molecule has 0 spiro atoms. The maximum Gasteiger partial charge on any atom is 0.295 e. The summed E-state index contributed by atoms with van der Waals surface area (Å²) in [5.74, 6) is -0.533. The molecule has 0 saturated carbocycles. The molecule has 0 fully saturated rings. The van der Waals surface area contributed by atoms with Gasteiger partial charge in [0, 0.05) is 41.9 Å². The predicted octanol–water partition coefficient (Wildman–Crippen LogP) is 2.32. The molecule has 9 heteroatoms. The second kappa shape index (κ2) is 7.18. The molecule has 0 aliphatic rings. The lowest BCUT2D eigenvalue weighted by molar-refractivity contribution is -0.118. The molecule has 0 radical (unpaired) electrons. The van der Waals surface area contributed by atoms with Crippen molar-refractivity contribution in [1.82, 2.24) is 14.9 Å². The maximum absolute atomic E-state index is 12.2. The van der Waals surface area contributed by atoms with E-state index in [1.807, 2.05) is 6.07 Å². The Hall–Kier alpha value is -3.13. The first-order valence-corrected chi connectivity index (χ1v) is 7.75. The van der Waals surface area contributed by atoms with Crippen LogP contribution < -0.4 is 11.1 Å². The zero-order valence-electron chi connectivity index (χ0n) is 13.0. The Morgan fingerprint density at radius 1 is 1.28 bits per heavy atom. The van der Waals surface area contributed by atoms with Crippen LogP contribution in [0.1, 0.15) is 17.0 Å². The van der Waals surface area contributed by atoms with Crippen LogP contribution >= 0.6 is 11.6 Å². The largest absolute Gasteiger partial charge is 0.370 e. The van der Waals surface area contributed by atoms with Crippen molar-refractivity contribution in [3.8, 4) is 11.3 Å². The first-order valence-electron chi connectivity index (χ1n) is 7.37. The quantitative estimate of drug-likeness (QED) is 0.700. The van der Waals surface area contributed by atoms with E-state index in [1.54, 1.807) is 30.5 Å². The van der Waals surface area contributed by atoms with Crippen molar-refractivity contribution < 1.29 is 14.1 Å². The average Bonchev–Trinajstić information content (AvgIpc) is 3.22. The number of nitrogens with two attached hydrogens (primary N) is 1. The van der Waals surface area contributed by atoms with Crippen LogP contribution in [0.5, 0.6) is 0 Å². The van der Waals surface area contributed by atoms with E-state index in [0.717, 1.165) is 5.56 Å². The van der Waals surface area contributed by atoms with Crippen LogP contribution in [0.15, 0.2) is 47.1 Å². The molecular weight excluding hydrogens is 346 g/mol. The van der Waals surface area contributed by atoms with Gasteiger partial charge in [0.1, 0.15) is 5.69 Å². The minimum atomic E-state index is -0.485. The van der Waals surface area contributed by atoms with E-state index in [2.05, 4.69) is 15.6 Å². The number of benzene rings is 1. The number of amides is 2. The second-order valence-electron chi connectivity index (χ2n) is 5.22. The molecule has 25 heavy (non-hydrogen) atoms. The molecule has 8 nitrogen and oxygen atoms in total. The summed E-state index contributed by atoms with van der Waals surface area (Å²) in [5.41, 5.74) is 6.33. The number of hydrogen-bond acceptors (Lipinski definition) is 5. The van der Waals surface area contributed by atoms with E-state index < -0.39 is 11.8 Å². The molecule has 2 heterocycles. The topological polar surface area (TPSA) is 116 Å². The van der Waals surface area contributed by atoms with Crippen LogP contribution in [0.4, 0.5) is 5.82 Å². The fourth-order valence-corrected chi connectivity index (χ4v) is 2.31. The number of hydrogen-bond donors (Lipinski definition) is 2. The van der Waals surface area contributed by atoms with E-state index in [0.29, 0.717) is 23.1 Å². The molecule has 2 aromatic heterocycles. The summed E-state index contributed by atoms with van der Waals surface area (Å²) in [6.45, 7) is 0.340. The fraction of sp³-hybridized carbons (Fsp3) is 0.125. The van der Waals surface area contributed by atoms with Crippen LogP contribution in [0, 0.1) is 0 Å². The third-order valence-electron chi connectivity index (χ3n) is 3.32. The van der Waals surface area contributed by atoms with Crippen LogP contribution in [0.3, 0.4) is 0 Å². The standard InChI is InChI=1S/C16H14ClN5O3/c17-11-3-1-2-10(8-11)12-9-13(25-21-12)16(24)19-15-5-7-22(20-15)6-4-14(18)23/h1-3,5,7-9H,4,6H2,(H2,18,23)(H,19,20,24). The van der Waals surface area contributed by atoms with Gasteiger partial charge < -0.3 is 15.6 Å². The normalized spacial score (nSPS) is 10.6. The van der Waals surface area contributed by atoms with Crippen molar-refractivity contribution in [2.24, 2.45) is 5.73 Å². The van der Waals surface area contributed by atoms with Gasteiger partial charge in [-0.15, -0.1) is 0 Å². The van der Waals surface area contributed by atoms with E-state index in [4.69, 9.17) is 21.9 Å². The summed E-state index contributed by atoms with van der Waals surface area (Å²) < 4.78 is 6.59. The first kappa shape index (κ1) is 16.7. The summed E-state index contributed by atoms with van der Waals surface area (Å²) in [4.78, 5) is 23.0. The Balaban J connectivity index is 1.67. The summed E-state index contributed by atoms with van der Waals surface area (Å²) in [6.07, 6.45) is 1.80. The Bertz CT molecular complexity index is 918. The zero-order valence-corrected chi connectivity index (χ0v) is 13.7. The monoisotopic (exact) mass is 359 g/mol. The van der Waals surface area contributed by atoms with Gasteiger partial charge in [-0.2, -0.15) is 5.10 Å². The van der Waals surface area contributed by atoms with Gasteiger partial charge in [0.25, 0.3) is 5.91 Å². The van der Waals surface area contributed by atoms with Gasteiger partial charge in [0.2, 0.25) is 11.7 Å². The molecule has 0 bridgehead atoms. The molecule has 3 aromatic rings. The summed E-state index contributed by atoms with van der Waals surface area (Å²) in [7, 11) is 0. The first-order chi connectivity index (χ1) is 12.0. The second-order valence-corrected chi connectivity index (χ2v) is 5.66. The number of carbonyl (C=O) groups excluding carboxylic acids is 2. The number of carbonyl (C=O) groups is 2. The van der Waals surface area contributed by atoms with Crippen molar-refractivity contribution in [3.63, 3.8) is 0 Å². The molecule has 3 rings (SSSR count). The Labute approximate surface area is 147 Å². The van der Waals surface area contributed by atoms with Crippen LogP contribution in [0.25, 0.3) is 11.3 Å². The van der Waals surface area contributed by atoms with Gasteiger partial charge in [-0.05, 0) is 12.1 Å². The Morgan fingerprint density at radius 2 is 2.12 bits per heavy atom. The lowest BCUT2D eigenvalue weighted by Gasteiger charge is -1.99. The van der Waals surface area contributed by atoms with Gasteiger partial charge in [-0.25, -0.2) is 0 Å². The lowest BCUT2D eigenvalue weighted by Crippen LogP contribution is -2.15. The highest BCUT2D eigenvalue weighted by atomic mass is 35.5. The molecule has 2 amide bonds. The molecule has 3 N–H and O–H groups in total. The fourth-order valence-electron chi connectivity index (χ4n) is 2.12. The van der Waals surface area contributed by atoms with Crippen molar-refractivity contribution >= 4 is 29.2 Å². The molecule has 0 aliphatic carbocycles. The SMILES string of the molecule is NC(=O)CCn1ccc(NC(=O)c2cc(-c3cccc(Cl)c3)no2)n1. The summed E-state index contributed by atoms with van der Waals surface area (Å²) >= 11 is 5.94. The lowest BCUT2D eigenvalue weighted by atomic mass is 10.1. The number of nitrogens with zero attached hydrogens (tertiary/aromatic N) is 3. The maximum atomic E-state index is 12.2. The van der Waals surface area contributed by atoms with E-state index >= 15 is 0 Å². The van der Waals surface area contributed by atoms with Crippen molar-refractivity contribution in [2.45, 2.75) is 13.0 Å². The number of halogens is 1. The Morgan fingerprint density at radius 3 is 2.88 bits per heavy atom. The van der Waals surface area contributed by atoms with Crippen LogP contribution in [0.2, 0.25) is 5.02 Å². The minimum absolute atomic E-state index is 0.0432. The van der Waals surface area contributed by atoms with Gasteiger partial charge in [-0.3, -0.25) is 14.3 Å². The molecule has 128 valence electrons. The highest BCUT2D eigenvalue weighted by Gasteiger charge is 2.15. The van der Waals surface area contributed by atoms with Crippen LogP contribution in [-0.2, 0) is 11.3 Å². The smallest absolute Gasteiger partial charge is 0.295 e. The molecule has 0 unspecified atom stereocenters. The molecular formula is C16H14ClN5O3. The summed E-state index contributed by atoms with van der Waals surface area (Å²) in [5, 5.41) is 11.2. The minimum Gasteiger partial charge on any atom is -0.370 e. The van der Waals surface area contributed by atoms with E-state index in [9.17, 15) is 9.59 Å². The van der Waals surface area contributed by atoms with Gasteiger partial charge >= 0.3 is 0 Å². The molecule has 0 aliphatic heterocycles. The molecule has 0 saturated heterocycles. The number of aromatic nitrogens is 3. The van der Waals surface area contributed by atoms with Gasteiger partial charge in [0.15, 0.2) is 5.82 Å². The van der Waals surface area contributed by atoms with E-state index in [1.165, 1.54) is 10.7 Å². The summed E-state index contributed by atoms with van der Waals surface area (Å²) in [6, 6.07) is 10.2. The number of primary amides is 1.